The van der Waals surface area contributed by atoms with Gasteiger partial charge >= 0.3 is 5.69 Å². The molecule has 1 N–H and O–H groups in total. The molecule has 0 amide bonds. The van der Waals surface area contributed by atoms with Crippen molar-refractivity contribution < 1.29 is 0 Å². The average molecular weight is 354 g/mol. The van der Waals surface area contributed by atoms with Crippen LogP contribution in [0.1, 0.15) is 43.2 Å². The maximum absolute atomic E-state index is 12.7. The van der Waals surface area contributed by atoms with Crippen LogP contribution in [0.2, 0.25) is 0 Å². The van der Waals surface area contributed by atoms with E-state index in [0.29, 0.717) is 24.7 Å². The number of aryl methyl sites for hydroxylation is 1. The van der Waals surface area contributed by atoms with Gasteiger partial charge in [-0.3, -0.25) is 13.9 Å². The number of aromatic nitrogens is 2. The topological polar surface area (TPSA) is 56.0 Å². The Morgan fingerprint density at radius 3 is 2.73 bits per heavy atom. The van der Waals surface area contributed by atoms with Crippen LogP contribution in [0.4, 0.5) is 0 Å². The monoisotopic (exact) mass is 354 g/mol. The normalized spacial score (nSPS) is 15.3. The fourth-order valence-electron chi connectivity index (χ4n) is 3.56. The van der Waals surface area contributed by atoms with Gasteiger partial charge in [0.05, 0.1) is 6.54 Å². The molecule has 1 aliphatic rings. The van der Waals surface area contributed by atoms with Gasteiger partial charge in [0.25, 0.3) is 5.56 Å². The highest BCUT2D eigenvalue weighted by Crippen LogP contribution is 2.16. The number of benzene rings is 1. The third-order valence-electron chi connectivity index (χ3n) is 5.01. The fourth-order valence-corrected chi connectivity index (χ4v) is 3.56. The van der Waals surface area contributed by atoms with Crippen molar-refractivity contribution in [1.29, 1.82) is 0 Å². The number of nitrogens with zero attached hydrogens (tertiary/aromatic N) is 2. The summed E-state index contributed by atoms with van der Waals surface area (Å²) in [7, 11) is 0. The summed E-state index contributed by atoms with van der Waals surface area (Å²) in [6, 6.07) is 10.4. The lowest BCUT2D eigenvalue weighted by Crippen LogP contribution is -2.41. The molecule has 1 aromatic heterocycles. The lowest BCUT2D eigenvalue weighted by atomic mass is 9.95. The van der Waals surface area contributed by atoms with E-state index in [1.165, 1.54) is 23.8 Å². The summed E-state index contributed by atoms with van der Waals surface area (Å²) in [6.07, 6.45) is 9.59. The van der Waals surface area contributed by atoms with Gasteiger partial charge in [-0.2, -0.15) is 0 Å². The van der Waals surface area contributed by atoms with E-state index in [1.54, 1.807) is 17.7 Å². The van der Waals surface area contributed by atoms with Crippen LogP contribution in [-0.2, 0) is 13.1 Å². The van der Waals surface area contributed by atoms with E-state index in [2.05, 4.69) is 11.7 Å². The van der Waals surface area contributed by atoms with Gasteiger partial charge in [-0.05, 0) is 44.7 Å². The molecule has 1 radical (unpaired) electrons. The van der Waals surface area contributed by atoms with Crippen molar-refractivity contribution in [1.82, 2.24) is 14.5 Å². The van der Waals surface area contributed by atoms with E-state index in [-0.39, 0.29) is 11.2 Å². The zero-order chi connectivity index (χ0) is 18.4. The predicted octanol–water partition coefficient (Wildman–Crippen LogP) is 2.49. The van der Waals surface area contributed by atoms with E-state index in [1.807, 2.05) is 30.3 Å². The molecule has 5 nitrogen and oxygen atoms in total. The molecule has 26 heavy (non-hydrogen) atoms. The Hall–Kier alpha value is -2.14. The third kappa shape index (κ3) is 4.73. The molecule has 0 spiro atoms. The first-order valence-electron chi connectivity index (χ1n) is 9.55. The van der Waals surface area contributed by atoms with Crippen LogP contribution < -0.4 is 16.6 Å². The number of hydrogen-bond acceptors (Lipinski definition) is 3. The minimum Gasteiger partial charge on any atom is -0.314 e. The molecule has 139 valence electrons. The molecule has 3 rings (SSSR count). The zero-order valence-electron chi connectivity index (χ0n) is 15.5. The molecule has 0 bridgehead atoms. The largest absolute Gasteiger partial charge is 0.331 e. The van der Waals surface area contributed by atoms with Crippen molar-refractivity contribution in [2.24, 2.45) is 0 Å². The standard InChI is InChI=1S/C21H28N3O2/c1-17-15-23(16-18-9-4-2-5-10-18)21(26)24(20(17)25)14-8-13-22-19-11-6-3-7-12-19/h2,4-6,9-10,15,19,22H,3,7-8,11-14,16H2,1H3. The first-order valence-corrected chi connectivity index (χ1v) is 9.55. The summed E-state index contributed by atoms with van der Waals surface area (Å²) in [5.41, 5.74) is 1.26. The van der Waals surface area contributed by atoms with Crippen LogP contribution in [0.5, 0.6) is 0 Å². The van der Waals surface area contributed by atoms with Gasteiger partial charge in [0.2, 0.25) is 0 Å². The second-order valence-corrected chi connectivity index (χ2v) is 7.12. The molecular formula is C21H28N3O2. The van der Waals surface area contributed by atoms with Gasteiger partial charge in [0.1, 0.15) is 0 Å². The van der Waals surface area contributed by atoms with Crippen LogP contribution in [0.25, 0.3) is 0 Å². The third-order valence-corrected chi connectivity index (χ3v) is 5.01. The number of nitrogens with one attached hydrogen (secondary N) is 1. The lowest BCUT2D eigenvalue weighted by Gasteiger charge is -2.22. The van der Waals surface area contributed by atoms with Gasteiger partial charge < -0.3 is 5.32 Å². The Balaban J connectivity index is 1.66. The van der Waals surface area contributed by atoms with Crippen molar-refractivity contribution in [2.75, 3.05) is 6.54 Å². The second kappa shape index (κ2) is 8.99. The highest BCUT2D eigenvalue weighted by Gasteiger charge is 2.13. The molecule has 1 atom stereocenters. The Labute approximate surface area is 154 Å². The summed E-state index contributed by atoms with van der Waals surface area (Å²) >= 11 is 0. The fraction of sp³-hybridized carbons (Fsp3) is 0.476. The maximum Gasteiger partial charge on any atom is 0.331 e. The molecule has 1 fully saturated rings. The molecular weight excluding hydrogens is 326 g/mol. The maximum atomic E-state index is 12.7. The Morgan fingerprint density at radius 2 is 2.00 bits per heavy atom. The summed E-state index contributed by atoms with van der Waals surface area (Å²) in [6.45, 7) is 3.54. The second-order valence-electron chi connectivity index (χ2n) is 7.12. The van der Waals surface area contributed by atoms with Crippen LogP contribution in [-0.4, -0.2) is 21.7 Å². The van der Waals surface area contributed by atoms with Gasteiger partial charge in [0, 0.05) is 24.3 Å². The van der Waals surface area contributed by atoms with E-state index >= 15 is 0 Å². The van der Waals surface area contributed by atoms with Crippen molar-refractivity contribution in [3.63, 3.8) is 0 Å². The smallest absolute Gasteiger partial charge is 0.314 e. The highest BCUT2D eigenvalue weighted by atomic mass is 16.2. The Bertz CT molecular complexity index is 817. The number of hydrogen-bond donors (Lipinski definition) is 1. The molecule has 1 aromatic carbocycles. The Kier molecular flexibility index (Phi) is 6.45. The summed E-state index contributed by atoms with van der Waals surface area (Å²) < 4.78 is 3.02. The van der Waals surface area contributed by atoms with Crippen LogP contribution in [0.3, 0.4) is 0 Å². The van der Waals surface area contributed by atoms with Crippen LogP contribution in [0.15, 0.2) is 46.1 Å². The minimum absolute atomic E-state index is 0.176. The molecule has 0 saturated heterocycles. The summed E-state index contributed by atoms with van der Waals surface area (Å²) in [4.78, 5) is 25.2. The Morgan fingerprint density at radius 1 is 1.19 bits per heavy atom. The number of rotatable bonds is 7. The van der Waals surface area contributed by atoms with E-state index < -0.39 is 0 Å². The molecule has 1 saturated carbocycles. The first kappa shape index (κ1) is 18.6. The van der Waals surface area contributed by atoms with Gasteiger partial charge in [0.15, 0.2) is 0 Å². The molecule has 2 aromatic rings. The minimum atomic E-state index is -0.226. The predicted molar refractivity (Wildman–Crippen MR) is 104 cm³/mol. The molecule has 1 unspecified atom stereocenters. The van der Waals surface area contributed by atoms with Gasteiger partial charge in [-0.25, -0.2) is 4.79 Å². The van der Waals surface area contributed by atoms with Gasteiger partial charge in [-0.15, -0.1) is 0 Å². The van der Waals surface area contributed by atoms with Crippen molar-refractivity contribution in [3.05, 3.63) is 74.9 Å². The summed E-state index contributed by atoms with van der Waals surface area (Å²) in [5, 5.41) is 3.54. The molecule has 1 aliphatic carbocycles. The van der Waals surface area contributed by atoms with Crippen molar-refractivity contribution in [2.45, 2.75) is 58.2 Å². The SMILES string of the molecule is Cc1cn(Cc2ccccc2)c(=O)n(CCCNC2C[CH]CCC2)c1=O. The van der Waals surface area contributed by atoms with Crippen molar-refractivity contribution in [3.8, 4) is 0 Å². The van der Waals surface area contributed by atoms with Gasteiger partial charge in [-0.1, -0.05) is 43.2 Å². The zero-order valence-corrected chi connectivity index (χ0v) is 15.5. The molecule has 5 heteroatoms. The van der Waals surface area contributed by atoms with E-state index in [0.717, 1.165) is 24.9 Å². The molecule has 0 aliphatic heterocycles. The van der Waals surface area contributed by atoms with E-state index in [4.69, 9.17) is 0 Å². The highest BCUT2D eigenvalue weighted by molar-refractivity contribution is 5.15. The summed E-state index contributed by atoms with van der Waals surface area (Å²) in [5.74, 6) is 0. The lowest BCUT2D eigenvalue weighted by molar-refractivity contribution is 0.409. The average Bonchev–Trinajstić information content (AvgIpc) is 2.67. The van der Waals surface area contributed by atoms with E-state index in [9.17, 15) is 9.59 Å². The molecule has 1 heterocycles. The van der Waals surface area contributed by atoms with Crippen molar-refractivity contribution >= 4 is 0 Å². The first-order chi connectivity index (χ1) is 12.6. The van der Waals surface area contributed by atoms with Crippen LogP contribution in [0, 0.1) is 13.3 Å². The quantitative estimate of drug-likeness (QED) is 0.777. The van der Waals surface area contributed by atoms with Crippen LogP contribution >= 0.6 is 0 Å².